The van der Waals surface area contributed by atoms with Crippen LogP contribution in [0.15, 0.2) is 30.0 Å². The fourth-order valence-electron chi connectivity index (χ4n) is 3.49. The maximum absolute atomic E-state index is 12.7. The van der Waals surface area contributed by atoms with Gasteiger partial charge in [-0.2, -0.15) is 0 Å². The molecule has 1 aliphatic heterocycles. The van der Waals surface area contributed by atoms with E-state index in [4.69, 9.17) is 11.6 Å². The third kappa shape index (κ3) is 3.58. The molecule has 2 aliphatic rings. The fraction of sp³-hybridized carbons (Fsp3) is 0.500. The second-order valence-corrected chi connectivity index (χ2v) is 8.44. The van der Waals surface area contributed by atoms with Gasteiger partial charge in [-0.15, -0.1) is 0 Å². The zero-order valence-electron chi connectivity index (χ0n) is 14.0. The number of nitrogens with one attached hydrogen (secondary N) is 1. The zero-order chi connectivity index (χ0) is 17.3. The van der Waals surface area contributed by atoms with Crippen molar-refractivity contribution in [3.63, 3.8) is 0 Å². The quantitative estimate of drug-likeness (QED) is 0.791. The van der Waals surface area contributed by atoms with Crippen molar-refractivity contribution in [3.8, 4) is 0 Å². The molecule has 4 nitrogen and oxygen atoms in total. The Morgan fingerprint density at radius 3 is 2.62 bits per heavy atom. The number of carbonyl (C=O) groups is 1. The van der Waals surface area contributed by atoms with Gasteiger partial charge in [0.05, 0.1) is 5.70 Å². The molecule has 24 heavy (non-hydrogen) atoms. The van der Waals surface area contributed by atoms with Crippen molar-refractivity contribution in [2.45, 2.75) is 45.6 Å². The van der Waals surface area contributed by atoms with Gasteiger partial charge in [-0.3, -0.25) is 0 Å². The van der Waals surface area contributed by atoms with Crippen molar-refractivity contribution in [2.75, 3.05) is 5.88 Å². The normalized spacial score (nSPS) is 27.5. The third-order valence-electron chi connectivity index (χ3n) is 4.98. The lowest BCUT2D eigenvalue weighted by Crippen LogP contribution is -2.47. The summed E-state index contributed by atoms with van der Waals surface area (Å²) in [6, 6.07) is 7.34. The highest BCUT2D eigenvalue weighted by atomic mass is 35.5. The maximum Gasteiger partial charge on any atom is 0.325 e. The van der Waals surface area contributed by atoms with Gasteiger partial charge in [0.1, 0.15) is 0 Å². The largest absolute Gasteiger partial charge is 0.610 e. The van der Waals surface area contributed by atoms with Crippen LogP contribution < -0.4 is 5.32 Å². The molecular formula is C18H23ClN2O2S. The van der Waals surface area contributed by atoms with Crippen LogP contribution in [-0.2, 0) is 11.2 Å². The SMILES string of the molecule is CC1=C(c2ccc(Cl)cc2)[S+]([O-])CN1C(=O)N[C@@H]1CCCC[C@H]1C. The van der Waals surface area contributed by atoms with Crippen LogP contribution in [0.4, 0.5) is 4.79 Å². The van der Waals surface area contributed by atoms with Gasteiger partial charge in [0.25, 0.3) is 0 Å². The number of carbonyl (C=O) groups excluding carboxylic acids is 1. The maximum atomic E-state index is 12.7. The Morgan fingerprint density at radius 1 is 1.29 bits per heavy atom. The number of benzene rings is 1. The zero-order valence-corrected chi connectivity index (χ0v) is 15.6. The molecule has 1 heterocycles. The standard InChI is InChI=1S/C18H23ClN2O2S/c1-12-5-3-4-6-16(12)20-18(22)21-11-24(23)17(13(21)2)14-7-9-15(19)10-8-14/h7-10,12,16H,3-6,11H2,1-2H3,(H,20,22)/t12-,16-,24?/m1/s1. The van der Waals surface area contributed by atoms with E-state index < -0.39 is 11.2 Å². The Morgan fingerprint density at radius 2 is 1.96 bits per heavy atom. The molecule has 0 saturated heterocycles. The average Bonchev–Trinajstić information content (AvgIpc) is 2.85. The number of halogens is 1. The van der Waals surface area contributed by atoms with Crippen LogP contribution in [0.3, 0.4) is 0 Å². The number of rotatable bonds is 2. The number of hydrogen-bond donors (Lipinski definition) is 1. The molecule has 1 aromatic rings. The molecule has 0 bridgehead atoms. The van der Waals surface area contributed by atoms with Crippen molar-refractivity contribution >= 4 is 33.7 Å². The van der Waals surface area contributed by atoms with E-state index in [1.807, 2.05) is 19.1 Å². The third-order valence-corrected chi connectivity index (χ3v) is 6.71. The van der Waals surface area contributed by atoms with E-state index in [1.54, 1.807) is 17.0 Å². The molecule has 1 fully saturated rings. The summed E-state index contributed by atoms with van der Waals surface area (Å²) >= 11 is 4.71. The van der Waals surface area contributed by atoms with Crippen LogP contribution in [0.25, 0.3) is 4.91 Å². The van der Waals surface area contributed by atoms with Crippen molar-refractivity contribution in [2.24, 2.45) is 5.92 Å². The Balaban J connectivity index is 1.76. The van der Waals surface area contributed by atoms with Gasteiger partial charge in [-0.05, 0) is 49.9 Å². The van der Waals surface area contributed by atoms with Gasteiger partial charge in [0.2, 0.25) is 0 Å². The first-order valence-electron chi connectivity index (χ1n) is 8.40. The van der Waals surface area contributed by atoms with E-state index in [-0.39, 0.29) is 17.9 Å². The second-order valence-electron chi connectivity index (χ2n) is 6.64. The molecular weight excluding hydrogens is 344 g/mol. The minimum absolute atomic E-state index is 0.136. The Labute approximate surface area is 151 Å². The molecule has 3 rings (SSSR count). The molecule has 0 spiro atoms. The van der Waals surface area contributed by atoms with Gasteiger partial charge in [0.15, 0.2) is 10.8 Å². The number of hydrogen-bond acceptors (Lipinski definition) is 2. The smallest absolute Gasteiger partial charge is 0.325 e. The van der Waals surface area contributed by atoms with Crippen molar-refractivity contribution in [1.82, 2.24) is 10.2 Å². The summed E-state index contributed by atoms with van der Waals surface area (Å²) in [4.78, 5) is 15.0. The van der Waals surface area contributed by atoms with Crippen LogP contribution in [-0.4, -0.2) is 27.4 Å². The number of urea groups is 1. The van der Waals surface area contributed by atoms with Gasteiger partial charge < -0.3 is 9.87 Å². The lowest BCUT2D eigenvalue weighted by Gasteiger charge is -2.30. The molecule has 1 aromatic carbocycles. The minimum Gasteiger partial charge on any atom is -0.610 e. The first kappa shape index (κ1) is 17.6. The van der Waals surface area contributed by atoms with E-state index >= 15 is 0 Å². The second kappa shape index (κ2) is 7.38. The number of allylic oxidation sites excluding steroid dienone is 1. The molecule has 3 atom stereocenters. The molecule has 2 amide bonds. The van der Waals surface area contributed by atoms with E-state index in [1.165, 1.54) is 6.42 Å². The Kier molecular flexibility index (Phi) is 5.42. The number of amides is 2. The summed E-state index contributed by atoms with van der Waals surface area (Å²) in [5, 5.41) is 3.78. The van der Waals surface area contributed by atoms with Crippen LogP contribution in [0, 0.1) is 5.92 Å². The van der Waals surface area contributed by atoms with Gasteiger partial charge >= 0.3 is 6.03 Å². The molecule has 6 heteroatoms. The predicted octanol–water partition coefficient (Wildman–Crippen LogP) is 4.34. The average molecular weight is 367 g/mol. The lowest BCUT2D eigenvalue weighted by atomic mass is 9.86. The topological polar surface area (TPSA) is 55.4 Å². The summed E-state index contributed by atoms with van der Waals surface area (Å²) in [5.74, 6) is 0.715. The van der Waals surface area contributed by atoms with Crippen LogP contribution in [0.5, 0.6) is 0 Å². The number of nitrogens with zero attached hydrogens (tertiary/aromatic N) is 1. The highest BCUT2D eigenvalue weighted by molar-refractivity contribution is 8.00. The Hall–Kier alpha value is -1.17. The summed E-state index contributed by atoms with van der Waals surface area (Å²) in [6.07, 6.45) is 4.57. The van der Waals surface area contributed by atoms with Crippen LogP contribution >= 0.6 is 11.6 Å². The van der Waals surface area contributed by atoms with Gasteiger partial charge in [-0.1, -0.05) is 31.4 Å². The highest BCUT2D eigenvalue weighted by Gasteiger charge is 2.37. The summed E-state index contributed by atoms with van der Waals surface area (Å²) < 4.78 is 12.5. The summed E-state index contributed by atoms with van der Waals surface area (Å²) in [5.41, 5.74) is 1.62. The molecule has 0 radical (unpaired) electrons. The predicted molar refractivity (Wildman–Crippen MR) is 98.8 cm³/mol. The van der Waals surface area contributed by atoms with E-state index in [0.29, 0.717) is 10.9 Å². The van der Waals surface area contributed by atoms with E-state index in [9.17, 15) is 9.35 Å². The molecule has 1 saturated carbocycles. The summed E-state index contributed by atoms with van der Waals surface area (Å²) in [6.45, 7) is 4.05. The first-order valence-corrected chi connectivity index (χ1v) is 10.1. The summed E-state index contributed by atoms with van der Waals surface area (Å²) in [7, 11) is 0. The van der Waals surface area contributed by atoms with Crippen molar-refractivity contribution in [1.29, 1.82) is 0 Å². The molecule has 1 aliphatic carbocycles. The molecule has 130 valence electrons. The van der Waals surface area contributed by atoms with Crippen LogP contribution in [0.2, 0.25) is 5.02 Å². The van der Waals surface area contributed by atoms with Gasteiger partial charge in [0, 0.05) is 27.8 Å². The highest BCUT2D eigenvalue weighted by Crippen LogP contribution is 2.35. The Bertz CT molecular complexity index is 647. The molecule has 1 N–H and O–H groups in total. The lowest BCUT2D eigenvalue weighted by molar-refractivity contribution is 0.200. The first-order chi connectivity index (χ1) is 11.5. The monoisotopic (exact) mass is 366 g/mol. The van der Waals surface area contributed by atoms with Crippen molar-refractivity contribution < 1.29 is 9.35 Å². The van der Waals surface area contributed by atoms with Gasteiger partial charge in [-0.25, -0.2) is 9.69 Å². The molecule has 0 aromatic heterocycles. The van der Waals surface area contributed by atoms with E-state index in [0.717, 1.165) is 35.4 Å². The van der Waals surface area contributed by atoms with Crippen molar-refractivity contribution in [3.05, 3.63) is 40.5 Å². The fourth-order valence-corrected chi connectivity index (χ4v) is 5.12. The van der Waals surface area contributed by atoms with E-state index in [2.05, 4.69) is 12.2 Å². The molecule has 1 unspecified atom stereocenters. The van der Waals surface area contributed by atoms with Crippen LogP contribution in [0.1, 0.15) is 45.1 Å². The minimum atomic E-state index is -1.21.